The number of ether oxygens (including phenoxy) is 1. The number of carbonyl (C=O) groups excluding carboxylic acids is 2. The van der Waals surface area contributed by atoms with Gasteiger partial charge in [0.25, 0.3) is 0 Å². The van der Waals surface area contributed by atoms with Crippen molar-refractivity contribution in [3.8, 4) is 11.1 Å². The first-order valence-electron chi connectivity index (χ1n) is 11.2. The lowest BCUT2D eigenvalue weighted by Gasteiger charge is -2.24. The van der Waals surface area contributed by atoms with E-state index in [-0.39, 0.29) is 38.1 Å². The third-order valence-corrected chi connectivity index (χ3v) is 5.95. The summed E-state index contributed by atoms with van der Waals surface area (Å²) in [6.45, 7) is 3.45. The molecule has 1 heterocycles. The fourth-order valence-corrected chi connectivity index (χ4v) is 4.07. The molecule has 1 aliphatic carbocycles. The summed E-state index contributed by atoms with van der Waals surface area (Å²) in [6, 6.07) is 16.2. The molecule has 0 saturated carbocycles. The summed E-state index contributed by atoms with van der Waals surface area (Å²) >= 11 is 0. The molecule has 0 unspecified atom stereocenters. The molecule has 0 radical (unpaired) electrons. The van der Waals surface area contributed by atoms with Gasteiger partial charge in [-0.3, -0.25) is 9.59 Å². The molecule has 0 fully saturated rings. The number of nitrogens with zero attached hydrogens (tertiary/aromatic N) is 3. The van der Waals surface area contributed by atoms with Gasteiger partial charge in [0.2, 0.25) is 5.91 Å². The number of fused-ring (bicyclic) bond motifs is 3. The van der Waals surface area contributed by atoms with Crippen LogP contribution in [-0.2, 0) is 27.4 Å². The number of benzene rings is 2. The second-order valence-corrected chi connectivity index (χ2v) is 9.05. The Bertz CT molecular complexity index is 1210. The number of hydrogen-bond donors (Lipinski definition) is 3. The topological polar surface area (TPSA) is 135 Å². The quantitative estimate of drug-likeness (QED) is 0.431. The van der Waals surface area contributed by atoms with Crippen LogP contribution in [0.4, 0.5) is 4.79 Å². The minimum absolute atomic E-state index is 0.0426. The van der Waals surface area contributed by atoms with Gasteiger partial charge in [-0.2, -0.15) is 0 Å². The number of carbonyl (C=O) groups is 3. The van der Waals surface area contributed by atoms with Crippen LogP contribution >= 0.6 is 0 Å². The predicted molar refractivity (Wildman–Crippen MR) is 126 cm³/mol. The zero-order chi connectivity index (χ0) is 25.0. The van der Waals surface area contributed by atoms with Crippen molar-refractivity contribution in [3.63, 3.8) is 0 Å². The summed E-state index contributed by atoms with van der Waals surface area (Å²) in [4.78, 5) is 35.8. The Hall–Kier alpha value is -4.21. The second-order valence-electron chi connectivity index (χ2n) is 9.05. The first kappa shape index (κ1) is 23.9. The van der Waals surface area contributed by atoms with Crippen LogP contribution in [0.1, 0.15) is 36.6 Å². The van der Waals surface area contributed by atoms with Gasteiger partial charge in [0, 0.05) is 12.5 Å². The maximum absolute atomic E-state index is 12.6. The van der Waals surface area contributed by atoms with Crippen LogP contribution in [0, 0.1) is 5.41 Å². The minimum Gasteiger partial charge on any atom is -0.480 e. The van der Waals surface area contributed by atoms with Crippen molar-refractivity contribution in [3.05, 3.63) is 71.5 Å². The molecule has 3 aromatic rings. The van der Waals surface area contributed by atoms with Crippen LogP contribution < -0.4 is 10.6 Å². The Balaban J connectivity index is 1.27. The molecule has 182 valence electrons. The normalized spacial score (nSPS) is 12.5. The molecule has 10 heteroatoms. The molecule has 0 atom stereocenters. The van der Waals surface area contributed by atoms with Crippen LogP contribution in [-0.4, -0.2) is 51.2 Å². The molecule has 3 N–H and O–H groups in total. The lowest BCUT2D eigenvalue weighted by molar-refractivity contribution is -0.138. The van der Waals surface area contributed by atoms with Gasteiger partial charge in [-0.1, -0.05) is 53.7 Å². The molecule has 10 nitrogen and oxygen atoms in total. The summed E-state index contributed by atoms with van der Waals surface area (Å²) in [5.74, 6) is -1.38. The van der Waals surface area contributed by atoms with E-state index in [9.17, 15) is 14.4 Å². The number of alkyl carbamates (subject to hydrolysis) is 1. The summed E-state index contributed by atoms with van der Waals surface area (Å²) in [5, 5.41) is 21.7. The van der Waals surface area contributed by atoms with Crippen molar-refractivity contribution >= 4 is 18.0 Å². The molecule has 0 aliphatic heterocycles. The third kappa shape index (κ3) is 5.48. The smallest absolute Gasteiger partial charge is 0.407 e. The molecule has 1 aliphatic rings. The van der Waals surface area contributed by atoms with Gasteiger partial charge in [0.1, 0.15) is 18.8 Å². The summed E-state index contributed by atoms with van der Waals surface area (Å²) < 4.78 is 6.70. The zero-order valence-electron chi connectivity index (χ0n) is 19.5. The Morgan fingerprint density at radius 3 is 2.29 bits per heavy atom. The molecular weight excluding hydrogens is 450 g/mol. The summed E-state index contributed by atoms with van der Waals surface area (Å²) in [6.07, 6.45) is 0.862. The number of amides is 2. The largest absolute Gasteiger partial charge is 0.480 e. The standard InChI is InChI=1S/C25H27N5O5/c1-25(2,23(33)26-11-16-12-30(29-28-16)13-22(31)32)15-27-24(34)35-14-21-19-9-5-3-7-17(19)18-8-4-6-10-20(18)21/h3-10,12,21H,11,13-15H2,1-2H3,(H,26,33)(H,27,34)(H,31,32). The van der Waals surface area contributed by atoms with E-state index in [1.807, 2.05) is 24.3 Å². The van der Waals surface area contributed by atoms with Crippen LogP contribution in [0.3, 0.4) is 0 Å². The van der Waals surface area contributed by atoms with Crippen molar-refractivity contribution in [2.75, 3.05) is 13.2 Å². The number of aliphatic carboxylic acids is 1. The van der Waals surface area contributed by atoms with E-state index in [1.165, 1.54) is 10.9 Å². The molecule has 4 rings (SSSR count). The predicted octanol–water partition coefficient (Wildman–Crippen LogP) is 2.54. The fourth-order valence-electron chi connectivity index (χ4n) is 4.07. The monoisotopic (exact) mass is 477 g/mol. The molecule has 2 amide bonds. The fraction of sp³-hybridized carbons (Fsp3) is 0.320. The highest BCUT2D eigenvalue weighted by atomic mass is 16.5. The maximum atomic E-state index is 12.6. The highest BCUT2D eigenvalue weighted by molar-refractivity contribution is 5.83. The van der Waals surface area contributed by atoms with Gasteiger partial charge >= 0.3 is 12.1 Å². The van der Waals surface area contributed by atoms with Crippen LogP contribution in [0.5, 0.6) is 0 Å². The molecule has 2 aromatic carbocycles. The SMILES string of the molecule is CC(C)(CNC(=O)OCC1c2ccccc2-c2ccccc21)C(=O)NCc1cn(CC(=O)O)nn1. The Kier molecular flexibility index (Phi) is 6.81. The van der Waals surface area contributed by atoms with Crippen molar-refractivity contribution in [2.45, 2.75) is 32.9 Å². The first-order chi connectivity index (χ1) is 16.7. The number of nitrogens with one attached hydrogen (secondary N) is 2. The van der Waals surface area contributed by atoms with Gasteiger partial charge in [0.05, 0.1) is 18.2 Å². The Labute approximate surface area is 202 Å². The van der Waals surface area contributed by atoms with Gasteiger partial charge in [-0.05, 0) is 36.1 Å². The highest BCUT2D eigenvalue weighted by Crippen LogP contribution is 2.44. The van der Waals surface area contributed by atoms with Gasteiger partial charge in [-0.15, -0.1) is 5.10 Å². The van der Waals surface area contributed by atoms with E-state index in [1.54, 1.807) is 13.8 Å². The minimum atomic E-state index is -1.04. The number of hydrogen-bond acceptors (Lipinski definition) is 6. The lowest BCUT2D eigenvalue weighted by Crippen LogP contribution is -2.45. The van der Waals surface area contributed by atoms with Crippen LogP contribution in [0.25, 0.3) is 11.1 Å². The maximum Gasteiger partial charge on any atom is 0.407 e. The van der Waals surface area contributed by atoms with Crippen molar-refractivity contribution in [2.24, 2.45) is 5.41 Å². The third-order valence-electron chi connectivity index (χ3n) is 5.95. The van der Waals surface area contributed by atoms with Crippen molar-refractivity contribution < 1.29 is 24.2 Å². The van der Waals surface area contributed by atoms with Gasteiger partial charge in [-0.25, -0.2) is 9.48 Å². The van der Waals surface area contributed by atoms with Crippen molar-refractivity contribution in [1.82, 2.24) is 25.6 Å². The molecule has 0 bridgehead atoms. The number of aromatic nitrogens is 3. The number of rotatable bonds is 9. The highest BCUT2D eigenvalue weighted by Gasteiger charge is 2.31. The Morgan fingerprint density at radius 1 is 1.03 bits per heavy atom. The van der Waals surface area contributed by atoms with E-state index in [4.69, 9.17) is 9.84 Å². The van der Waals surface area contributed by atoms with E-state index >= 15 is 0 Å². The number of carboxylic acid groups (broad SMARTS) is 1. The molecule has 1 aromatic heterocycles. The summed E-state index contributed by atoms with van der Waals surface area (Å²) in [7, 11) is 0. The van der Waals surface area contributed by atoms with Gasteiger partial charge < -0.3 is 20.5 Å². The van der Waals surface area contributed by atoms with E-state index < -0.39 is 17.5 Å². The average Bonchev–Trinajstić information content (AvgIpc) is 3.41. The molecule has 35 heavy (non-hydrogen) atoms. The Morgan fingerprint density at radius 2 is 1.66 bits per heavy atom. The van der Waals surface area contributed by atoms with E-state index in [0.717, 1.165) is 22.3 Å². The number of carboxylic acids is 1. The lowest BCUT2D eigenvalue weighted by atomic mass is 9.92. The first-order valence-corrected chi connectivity index (χ1v) is 11.2. The zero-order valence-corrected chi connectivity index (χ0v) is 19.5. The van der Waals surface area contributed by atoms with E-state index in [2.05, 4.69) is 45.2 Å². The molecule has 0 saturated heterocycles. The molecule has 0 spiro atoms. The van der Waals surface area contributed by atoms with Crippen molar-refractivity contribution in [1.29, 1.82) is 0 Å². The average molecular weight is 478 g/mol. The van der Waals surface area contributed by atoms with Gasteiger partial charge in [0.15, 0.2) is 0 Å². The van der Waals surface area contributed by atoms with Crippen LogP contribution in [0.2, 0.25) is 0 Å². The van der Waals surface area contributed by atoms with E-state index in [0.29, 0.717) is 5.69 Å². The second kappa shape index (κ2) is 9.96. The van der Waals surface area contributed by atoms with Crippen LogP contribution in [0.15, 0.2) is 54.7 Å². The molecular formula is C25H27N5O5. The summed E-state index contributed by atoms with van der Waals surface area (Å²) in [5.41, 5.74) is 4.07.